The Labute approximate surface area is 67.5 Å². The zero-order chi connectivity index (χ0) is 8.27. The van der Waals surface area contributed by atoms with E-state index >= 15 is 0 Å². The average Bonchev–Trinajstić information content (AvgIpc) is 2.13. The van der Waals surface area contributed by atoms with Gasteiger partial charge in [0, 0.05) is 26.1 Å². The predicted molar refractivity (Wildman–Crippen MR) is 44.1 cm³/mol. The largest absolute Gasteiger partial charge is 0.341 e. The van der Waals surface area contributed by atoms with Gasteiger partial charge in [0.05, 0.1) is 0 Å². The van der Waals surface area contributed by atoms with Gasteiger partial charge in [0.2, 0.25) is 5.91 Å². The number of hydrogen-bond donors (Lipinski definition) is 1. The summed E-state index contributed by atoms with van der Waals surface area (Å²) < 4.78 is 0. The van der Waals surface area contributed by atoms with E-state index in [1.54, 1.807) is 6.92 Å². The Morgan fingerprint density at radius 1 is 1.55 bits per heavy atom. The first-order chi connectivity index (χ1) is 5.20. The molecule has 1 aliphatic rings. The molecule has 0 unspecified atom stereocenters. The van der Waals surface area contributed by atoms with E-state index < -0.39 is 0 Å². The molecule has 0 radical (unpaired) electrons. The summed E-state index contributed by atoms with van der Waals surface area (Å²) in [5.74, 6) is 0.155. The van der Waals surface area contributed by atoms with Gasteiger partial charge < -0.3 is 10.6 Å². The number of carbonyl (C=O) groups is 1. The number of hydrogen-bond acceptors (Lipinski definition) is 2. The molecule has 11 heavy (non-hydrogen) atoms. The quantitative estimate of drug-likeness (QED) is 0.550. The van der Waals surface area contributed by atoms with Gasteiger partial charge in [-0.2, -0.15) is 0 Å². The van der Waals surface area contributed by atoms with Crippen molar-refractivity contribution in [2.45, 2.75) is 32.2 Å². The molecule has 1 rings (SSSR count). The highest BCUT2D eigenvalue weighted by molar-refractivity contribution is 5.73. The molecule has 64 valence electrons. The SMILES string of the molecule is CC(=O)N1CCCC[C@H](N)C1. The molecule has 0 saturated carbocycles. The predicted octanol–water partition coefficient (Wildman–Crippen LogP) is 0.346. The lowest BCUT2D eigenvalue weighted by Crippen LogP contribution is -2.38. The van der Waals surface area contributed by atoms with Crippen LogP contribution >= 0.6 is 0 Å². The lowest BCUT2D eigenvalue weighted by Gasteiger charge is -2.20. The number of carbonyl (C=O) groups excluding carboxylic acids is 1. The van der Waals surface area contributed by atoms with Crippen LogP contribution in [0, 0.1) is 0 Å². The first-order valence-corrected chi connectivity index (χ1v) is 4.21. The maximum absolute atomic E-state index is 11.0. The van der Waals surface area contributed by atoms with Crippen molar-refractivity contribution in [2.24, 2.45) is 5.73 Å². The van der Waals surface area contributed by atoms with Crippen LogP contribution in [0.4, 0.5) is 0 Å². The molecule has 0 aromatic rings. The van der Waals surface area contributed by atoms with E-state index in [1.165, 1.54) is 0 Å². The first-order valence-electron chi connectivity index (χ1n) is 4.21. The van der Waals surface area contributed by atoms with E-state index in [9.17, 15) is 4.79 Å². The minimum absolute atomic E-state index is 0.155. The van der Waals surface area contributed by atoms with Crippen LogP contribution in [0.3, 0.4) is 0 Å². The van der Waals surface area contributed by atoms with Crippen molar-refractivity contribution >= 4 is 5.91 Å². The molecule has 1 saturated heterocycles. The normalized spacial score (nSPS) is 26.4. The molecular weight excluding hydrogens is 140 g/mol. The molecule has 2 N–H and O–H groups in total. The molecule has 0 bridgehead atoms. The number of rotatable bonds is 0. The number of nitrogens with zero attached hydrogens (tertiary/aromatic N) is 1. The molecule has 1 heterocycles. The summed E-state index contributed by atoms with van der Waals surface area (Å²) in [6.07, 6.45) is 3.32. The van der Waals surface area contributed by atoms with Crippen LogP contribution in [0.5, 0.6) is 0 Å². The molecule has 1 aliphatic heterocycles. The van der Waals surface area contributed by atoms with E-state index in [0.29, 0.717) is 0 Å². The van der Waals surface area contributed by atoms with Crippen LogP contribution in [0.15, 0.2) is 0 Å². The van der Waals surface area contributed by atoms with Crippen molar-refractivity contribution in [2.75, 3.05) is 13.1 Å². The highest BCUT2D eigenvalue weighted by Gasteiger charge is 2.15. The third kappa shape index (κ3) is 2.50. The third-order valence-corrected chi connectivity index (χ3v) is 2.15. The Balaban J connectivity index is 2.45. The van der Waals surface area contributed by atoms with Gasteiger partial charge in [0.1, 0.15) is 0 Å². The average molecular weight is 156 g/mol. The molecule has 3 nitrogen and oxygen atoms in total. The Morgan fingerprint density at radius 2 is 2.27 bits per heavy atom. The van der Waals surface area contributed by atoms with Crippen LogP contribution in [0.2, 0.25) is 0 Å². The van der Waals surface area contributed by atoms with Gasteiger partial charge in [0.15, 0.2) is 0 Å². The third-order valence-electron chi connectivity index (χ3n) is 2.15. The van der Waals surface area contributed by atoms with Gasteiger partial charge in [-0.25, -0.2) is 0 Å². The second kappa shape index (κ2) is 3.72. The molecule has 1 atom stereocenters. The highest BCUT2D eigenvalue weighted by atomic mass is 16.2. The Morgan fingerprint density at radius 3 is 2.91 bits per heavy atom. The monoisotopic (exact) mass is 156 g/mol. The molecule has 0 spiro atoms. The van der Waals surface area contributed by atoms with Crippen LogP contribution in [-0.4, -0.2) is 29.9 Å². The second-order valence-corrected chi connectivity index (χ2v) is 3.22. The summed E-state index contributed by atoms with van der Waals surface area (Å²) in [7, 11) is 0. The number of nitrogens with two attached hydrogens (primary N) is 1. The van der Waals surface area contributed by atoms with E-state index in [1.807, 2.05) is 4.90 Å². The summed E-state index contributed by atoms with van der Waals surface area (Å²) in [5.41, 5.74) is 5.77. The van der Waals surface area contributed by atoms with E-state index in [0.717, 1.165) is 32.4 Å². The Hall–Kier alpha value is -0.570. The van der Waals surface area contributed by atoms with Gasteiger partial charge in [0.25, 0.3) is 0 Å². The molecule has 1 fully saturated rings. The molecule has 0 aromatic carbocycles. The summed E-state index contributed by atoms with van der Waals surface area (Å²) in [5, 5.41) is 0. The number of likely N-dealkylation sites (tertiary alicyclic amines) is 1. The summed E-state index contributed by atoms with van der Waals surface area (Å²) in [6.45, 7) is 3.25. The fourth-order valence-electron chi connectivity index (χ4n) is 1.46. The minimum atomic E-state index is 0.155. The molecule has 0 aliphatic carbocycles. The lowest BCUT2D eigenvalue weighted by molar-refractivity contribution is -0.128. The van der Waals surface area contributed by atoms with Gasteiger partial charge in [-0.15, -0.1) is 0 Å². The standard InChI is InChI=1S/C8H16N2O/c1-7(11)10-5-3-2-4-8(9)6-10/h8H,2-6,9H2,1H3/t8-/m0/s1. The zero-order valence-electron chi connectivity index (χ0n) is 7.05. The van der Waals surface area contributed by atoms with Crippen LogP contribution in [0.25, 0.3) is 0 Å². The highest BCUT2D eigenvalue weighted by Crippen LogP contribution is 2.08. The fraction of sp³-hybridized carbons (Fsp3) is 0.875. The smallest absolute Gasteiger partial charge is 0.219 e. The van der Waals surface area contributed by atoms with Crippen molar-refractivity contribution in [1.29, 1.82) is 0 Å². The molecule has 0 aromatic heterocycles. The first kappa shape index (κ1) is 8.53. The van der Waals surface area contributed by atoms with Gasteiger partial charge in [-0.1, -0.05) is 6.42 Å². The topological polar surface area (TPSA) is 46.3 Å². The number of amides is 1. The molecular formula is C8H16N2O. The van der Waals surface area contributed by atoms with Gasteiger partial charge >= 0.3 is 0 Å². The molecule has 3 heteroatoms. The van der Waals surface area contributed by atoms with Crippen molar-refractivity contribution in [3.63, 3.8) is 0 Å². The molecule has 1 amide bonds. The van der Waals surface area contributed by atoms with Gasteiger partial charge in [-0.3, -0.25) is 4.79 Å². The Kier molecular flexibility index (Phi) is 2.88. The van der Waals surface area contributed by atoms with Crippen LogP contribution in [0.1, 0.15) is 26.2 Å². The Bertz CT molecular complexity index is 147. The summed E-state index contributed by atoms with van der Waals surface area (Å²) >= 11 is 0. The second-order valence-electron chi connectivity index (χ2n) is 3.22. The van der Waals surface area contributed by atoms with Gasteiger partial charge in [-0.05, 0) is 12.8 Å². The minimum Gasteiger partial charge on any atom is -0.341 e. The van der Waals surface area contributed by atoms with Crippen molar-refractivity contribution in [1.82, 2.24) is 4.90 Å². The maximum Gasteiger partial charge on any atom is 0.219 e. The summed E-state index contributed by atoms with van der Waals surface area (Å²) in [6, 6.07) is 0.196. The van der Waals surface area contributed by atoms with Crippen LogP contribution in [-0.2, 0) is 4.79 Å². The van der Waals surface area contributed by atoms with Crippen molar-refractivity contribution < 1.29 is 4.79 Å². The van der Waals surface area contributed by atoms with Crippen LogP contribution < -0.4 is 5.73 Å². The maximum atomic E-state index is 11.0. The lowest BCUT2D eigenvalue weighted by atomic mass is 10.2. The fourth-order valence-corrected chi connectivity index (χ4v) is 1.46. The van der Waals surface area contributed by atoms with E-state index in [2.05, 4.69) is 0 Å². The van der Waals surface area contributed by atoms with E-state index in [-0.39, 0.29) is 11.9 Å². The summed E-state index contributed by atoms with van der Waals surface area (Å²) in [4.78, 5) is 12.8. The van der Waals surface area contributed by atoms with Crippen molar-refractivity contribution in [3.05, 3.63) is 0 Å². The zero-order valence-corrected chi connectivity index (χ0v) is 7.05. The van der Waals surface area contributed by atoms with E-state index in [4.69, 9.17) is 5.73 Å². The van der Waals surface area contributed by atoms with Crippen molar-refractivity contribution in [3.8, 4) is 0 Å².